The molecular weight excluding hydrogens is 265 g/mol. The van der Waals surface area contributed by atoms with Crippen LogP contribution in [0.1, 0.15) is 26.7 Å². The normalized spacial score (nSPS) is 11.4. The molecule has 0 aromatic carbocycles. The fourth-order valence-corrected chi connectivity index (χ4v) is 4.83. The SMILES string of the molecule is CCCOP(=S)(OCCC)SCC(=O)NC. The Bertz CT molecular complexity index is 239. The van der Waals surface area contributed by atoms with Crippen molar-refractivity contribution in [1.29, 1.82) is 0 Å². The van der Waals surface area contributed by atoms with Crippen LogP contribution in [0.5, 0.6) is 0 Å². The minimum Gasteiger partial charge on any atom is -0.358 e. The molecule has 0 fully saturated rings. The molecule has 0 unspecified atom stereocenters. The van der Waals surface area contributed by atoms with E-state index in [9.17, 15) is 4.79 Å². The number of amides is 1. The summed E-state index contributed by atoms with van der Waals surface area (Å²) >= 11 is 6.65. The number of hydrogen-bond donors (Lipinski definition) is 1. The van der Waals surface area contributed by atoms with Crippen LogP contribution in [-0.2, 0) is 25.6 Å². The van der Waals surface area contributed by atoms with Gasteiger partial charge in [-0.05, 0) is 24.6 Å². The van der Waals surface area contributed by atoms with Crippen molar-refractivity contribution in [2.45, 2.75) is 26.7 Å². The largest absolute Gasteiger partial charge is 0.358 e. The van der Waals surface area contributed by atoms with Gasteiger partial charge in [-0.1, -0.05) is 25.2 Å². The highest BCUT2D eigenvalue weighted by Gasteiger charge is 2.20. The van der Waals surface area contributed by atoms with E-state index in [0.717, 1.165) is 12.8 Å². The van der Waals surface area contributed by atoms with Gasteiger partial charge in [-0.15, -0.1) is 0 Å². The second-order valence-corrected chi connectivity index (χ2v) is 9.37. The quantitative estimate of drug-likeness (QED) is 0.660. The molecule has 0 atom stereocenters. The van der Waals surface area contributed by atoms with Gasteiger partial charge >= 0.3 is 0 Å². The Morgan fingerprint density at radius 1 is 1.31 bits per heavy atom. The van der Waals surface area contributed by atoms with Gasteiger partial charge in [-0.2, -0.15) is 0 Å². The number of carbonyl (C=O) groups is 1. The molecule has 0 saturated carbocycles. The van der Waals surface area contributed by atoms with Crippen molar-refractivity contribution >= 4 is 34.8 Å². The first kappa shape index (κ1) is 16.4. The predicted molar refractivity (Wildman–Crippen MR) is 73.3 cm³/mol. The first-order chi connectivity index (χ1) is 7.58. The Kier molecular flexibility index (Phi) is 9.65. The standard InChI is InChI=1S/C9H20NO3PS2/c1-4-6-12-14(15,13-7-5-2)16-8-9(11)10-3/h4-8H2,1-3H3,(H,10,11). The van der Waals surface area contributed by atoms with Crippen LogP contribution < -0.4 is 5.32 Å². The lowest BCUT2D eigenvalue weighted by atomic mass is 10.5. The van der Waals surface area contributed by atoms with Crippen LogP contribution in [0.15, 0.2) is 0 Å². The molecule has 0 aromatic rings. The van der Waals surface area contributed by atoms with E-state index < -0.39 is 5.69 Å². The van der Waals surface area contributed by atoms with Crippen molar-refractivity contribution in [3.8, 4) is 0 Å². The van der Waals surface area contributed by atoms with Gasteiger partial charge in [-0.25, -0.2) is 0 Å². The summed E-state index contributed by atoms with van der Waals surface area (Å²) < 4.78 is 11.1. The maximum atomic E-state index is 11.1. The molecule has 0 bridgehead atoms. The molecule has 0 aromatic heterocycles. The maximum absolute atomic E-state index is 11.1. The molecule has 4 nitrogen and oxygen atoms in total. The molecule has 0 spiro atoms. The lowest BCUT2D eigenvalue weighted by Gasteiger charge is -2.20. The Labute approximate surface area is 107 Å². The molecule has 96 valence electrons. The van der Waals surface area contributed by atoms with Crippen LogP contribution in [0.2, 0.25) is 0 Å². The molecule has 1 N–H and O–H groups in total. The third-order valence-corrected chi connectivity index (χ3v) is 6.79. The number of nitrogens with one attached hydrogen (secondary N) is 1. The van der Waals surface area contributed by atoms with Crippen molar-refractivity contribution in [1.82, 2.24) is 5.32 Å². The van der Waals surface area contributed by atoms with Gasteiger partial charge in [0.25, 0.3) is 0 Å². The molecule has 1 amide bonds. The second kappa shape index (κ2) is 9.42. The van der Waals surface area contributed by atoms with Gasteiger partial charge in [0.05, 0.1) is 19.0 Å². The first-order valence-corrected chi connectivity index (χ1v) is 9.55. The van der Waals surface area contributed by atoms with Crippen molar-refractivity contribution in [3.05, 3.63) is 0 Å². The second-order valence-electron chi connectivity index (χ2n) is 3.06. The van der Waals surface area contributed by atoms with E-state index in [1.54, 1.807) is 7.05 Å². The van der Waals surface area contributed by atoms with Crippen LogP contribution in [0.4, 0.5) is 0 Å². The van der Waals surface area contributed by atoms with E-state index in [1.165, 1.54) is 11.4 Å². The lowest BCUT2D eigenvalue weighted by Crippen LogP contribution is -2.19. The van der Waals surface area contributed by atoms with Crippen LogP contribution >= 0.6 is 17.1 Å². The molecule has 0 radical (unpaired) electrons. The van der Waals surface area contributed by atoms with Crippen LogP contribution in [-0.4, -0.2) is 31.9 Å². The molecule has 0 aliphatic heterocycles. The Balaban J connectivity index is 4.17. The zero-order valence-corrected chi connectivity index (χ0v) is 12.6. The van der Waals surface area contributed by atoms with E-state index in [-0.39, 0.29) is 5.91 Å². The lowest BCUT2D eigenvalue weighted by molar-refractivity contribution is -0.118. The minimum atomic E-state index is -2.33. The maximum Gasteiger partial charge on any atom is 0.247 e. The predicted octanol–water partition coefficient (Wildman–Crippen LogP) is 2.54. The molecule has 16 heavy (non-hydrogen) atoms. The van der Waals surface area contributed by atoms with Crippen molar-refractivity contribution in [2.75, 3.05) is 26.0 Å². The van der Waals surface area contributed by atoms with Gasteiger partial charge in [0, 0.05) is 7.05 Å². The third kappa shape index (κ3) is 7.63. The van der Waals surface area contributed by atoms with Crippen LogP contribution in [0.25, 0.3) is 0 Å². The van der Waals surface area contributed by atoms with E-state index >= 15 is 0 Å². The van der Waals surface area contributed by atoms with Gasteiger partial charge < -0.3 is 14.4 Å². The topological polar surface area (TPSA) is 47.6 Å². The highest BCUT2D eigenvalue weighted by molar-refractivity contribution is 8.68. The number of carbonyl (C=O) groups excluding carboxylic acids is 1. The summed E-state index contributed by atoms with van der Waals surface area (Å²) in [7, 11) is 1.60. The highest BCUT2D eigenvalue weighted by Crippen LogP contribution is 2.60. The molecule has 0 saturated heterocycles. The van der Waals surface area contributed by atoms with Gasteiger partial charge in [0.2, 0.25) is 11.6 Å². The zero-order valence-electron chi connectivity index (χ0n) is 10.0. The van der Waals surface area contributed by atoms with Crippen molar-refractivity contribution in [2.24, 2.45) is 0 Å². The Morgan fingerprint density at radius 3 is 2.19 bits per heavy atom. The molecular formula is C9H20NO3PS2. The Morgan fingerprint density at radius 2 is 1.81 bits per heavy atom. The van der Waals surface area contributed by atoms with E-state index in [2.05, 4.69) is 5.32 Å². The smallest absolute Gasteiger partial charge is 0.247 e. The minimum absolute atomic E-state index is 0.0561. The molecule has 7 heteroatoms. The summed E-state index contributed by atoms with van der Waals surface area (Å²) in [5, 5.41) is 2.55. The average Bonchev–Trinajstić information content (AvgIpc) is 2.31. The molecule has 0 heterocycles. The van der Waals surface area contributed by atoms with Gasteiger partial charge in [0.1, 0.15) is 0 Å². The van der Waals surface area contributed by atoms with Crippen molar-refractivity contribution < 1.29 is 13.8 Å². The van der Waals surface area contributed by atoms with Crippen molar-refractivity contribution in [3.63, 3.8) is 0 Å². The van der Waals surface area contributed by atoms with Gasteiger partial charge in [-0.3, -0.25) is 4.79 Å². The summed E-state index contributed by atoms with van der Waals surface area (Å²) in [5.74, 6) is 0.237. The summed E-state index contributed by atoms with van der Waals surface area (Å²) in [6.45, 7) is 5.20. The number of hydrogen-bond acceptors (Lipinski definition) is 5. The van der Waals surface area contributed by atoms with E-state index in [4.69, 9.17) is 20.9 Å². The fraction of sp³-hybridized carbons (Fsp3) is 0.889. The Hall–Kier alpha value is 0.390. The fourth-order valence-electron chi connectivity index (χ4n) is 0.728. The summed E-state index contributed by atoms with van der Waals surface area (Å²) in [4.78, 5) is 11.1. The number of rotatable bonds is 9. The zero-order chi connectivity index (χ0) is 12.4. The average molecular weight is 285 g/mol. The third-order valence-electron chi connectivity index (χ3n) is 1.54. The van der Waals surface area contributed by atoms with Crippen LogP contribution in [0.3, 0.4) is 0 Å². The van der Waals surface area contributed by atoms with Crippen LogP contribution in [0, 0.1) is 0 Å². The van der Waals surface area contributed by atoms with E-state index in [0.29, 0.717) is 19.0 Å². The monoisotopic (exact) mass is 285 g/mol. The highest BCUT2D eigenvalue weighted by atomic mass is 32.9. The van der Waals surface area contributed by atoms with E-state index in [1.807, 2.05) is 13.8 Å². The molecule has 0 rings (SSSR count). The molecule has 0 aliphatic carbocycles. The summed E-state index contributed by atoms with van der Waals surface area (Å²) in [5.41, 5.74) is -2.33. The molecule has 0 aliphatic rings. The van der Waals surface area contributed by atoms with Gasteiger partial charge in [0.15, 0.2) is 0 Å². The summed E-state index contributed by atoms with van der Waals surface area (Å²) in [6, 6.07) is 0. The summed E-state index contributed by atoms with van der Waals surface area (Å²) in [6.07, 6.45) is 1.79. The first-order valence-electron chi connectivity index (χ1n) is 5.32.